The number of methoxy groups -OCH3 is 1. The van der Waals surface area contributed by atoms with Gasteiger partial charge in [-0.15, -0.1) is 0 Å². The van der Waals surface area contributed by atoms with Crippen molar-refractivity contribution < 1.29 is 9.53 Å². The summed E-state index contributed by atoms with van der Waals surface area (Å²) in [5, 5.41) is 3.33. The SMILES string of the molecule is CCc1ccc(CNCC(C(=O)OC)C(C)C)cc1. The summed E-state index contributed by atoms with van der Waals surface area (Å²) in [7, 11) is 1.45. The van der Waals surface area contributed by atoms with E-state index in [2.05, 4.69) is 36.5 Å². The van der Waals surface area contributed by atoms with Crippen LogP contribution in [0.3, 0.4) is 0 Å². The molecule has 0 aliphatic carbocycles. The average molecular weight is 263 g/mol. The third-order valence-corrected chi connectivity index (χ3v) is 3.43. The van der Waals surface area contributed by atoms with Gasteiger partial charge in [-0.3, -0.25) is 4.79 Å². The molecule has 0 saturated heterocycles. The summed E-state index contributed by atoms with van der Waals surface area (Å²) in [6.45, 7) is 7.67. The Morgan fingerprint density at radius 3 is 2.26 bits per heavy atom. The van der Waals surface area contributed by atoms with Gasteiger partial charge in [0.05, 0.1) is 13.0 Å². The monoisotopic (exact) mass is 263 g/mol. The Morgan fingerprint density at radius 2 is 1.79 bits per heavy atom. The van der Waals surface area contributed by atoms with Crippen LogP contribution in [-0.2, 0) is 22.5 Å². The van der Waals surface area contributed by atoms with E-state index in [-0.39, 0.29) is 17.8 Å². The zero-order valence-electron chi connectivity index (χ0n) is 12.4. The largest absolute Gasteiger partial charge is 0.469 e. The number of carbonyl (C=O) groups is 1. The molecule has 0 heterocycles. The number of esters is 1. The van der Waals surface area contributed by atoms with Gasteiger partial charge in [0.15, 0.2) is 0 Å². The number of aryl methyl sites for hydroxylation is 1. The van der Waals surface area contributed by atoms with Gasteiger partial charge in [0.2, 0.25) is 0 Å². The molecule has 1 N–H and O–H groups in total. The molecule has 0 saturated carbocycles. The highest BCUT2D eigenvalue weighted by Crippen LogP contribution is 2.12. The predicted molar refractivity (Wildman–Crippen MR) is 77.9 cm³/mol. The van der Waals surface area contributed by atoms with E-state index >= 15 is 0 Å². The maximum atomic E-state index is 11.6. The lowest BCUT2D eigenvalue weighted by Crippen LogP contribution is -2.32. The maximum Gasteiger partial charge on any atom is 0.310 e. The number of rotatable bonds is 7. The molecule has 1 rings (SSSR count). The topological polar surface area (TPSA) is 38.3 Å². The summed E-state index contributed by atoms with van der Waals surface area (Å²) in [4.78, 5) is 11.6. The third kappa shape index (κ3) is 5.03. The molecule has 0 aliphatic heterocycles. The standard InChI is InChI=1S/C16H25NO2/c1-5-13-6-8-14(9-7-13)10-17-11-15(12(2)3)16(18)19-4/h6-9,12,15,17H,5,10-11H2,1-4H3. The Hall–Kier alpha value is -1.35. The van der Waals surface area contributed by atoms with Crippen LogP contribution in [0.25, 0.3) is 0 Å². The first-order valence-corrected chi connectivity index (χ1v) is 6.94. The second-order valence-corrected chi connectivity index (χ2v) is 5.17. The van der Waals surface area contributed by atoms with Crippen LogP contribution in [0.4, 0.5) is 0 Å². The van der Waals surface area contributed by atoms with Crippen molar-refractivity contribution in [2.45, 2.75) is 33.7 Å². The van der Waals surface area contributed by atoms with Gasteiger partial charge >= 0.3 is 5.97 Å². The molecule has 1 aromatic carbocycles. The van der Waals surface area contributed by atoms with E-state index in [1.165, 1.54) is 18.2 Å². The predicted octanol–water partition coefficient (Wildman–Crippen LogP) is 2.78. The van der Waals surface area contributed by atoms with E-state index in [9.17, 15) is 4.79 Å². The molecular formula is C16H25NO2. The van der Waals surface area contributed by atoms with Crippen LogP contribution in [0.1, 0.15) is 31.9 Å². The fourth-order valence-corrected chi connectivity index (χ4v) is 2.01. The minimum atomic E-state index is -0.135. The Morgan fingerprint density at radius 1 is 1.21 bits per heavy atom. The number of nitrogens with one attached hydrogen (secondary N) is 1. The molecule has 106 valence electrons. The molecule has 0 spiro atoms. The van der Waals surface area contributed by atoms with Gasteiger partial charge in [0.25, 0.3) is 0 Å². The highest BCUT2D eigenvalue weighted by molar-refractivity contribution is 5.72. The van der Waals surface area contributed by atoms with Gasteiger partial charge in [0, 0.05) is 13.1 Å². The smallest absolute Gasteiger partial charge is 0.310 e. The molecule has 0 fully saturated rings. The minimum absolute atomic E-state index is 0.0834. The molecule has 3 heteroatoms. The van der Waals surface area contributed by atoms with Gasteiger partial charge in [-0.1, -0.05) is 45.0 Å². The van der Waals surface area contributed by atoms with E-state index in [1.807, 2.05) is 13.8 Å². The number of hydrogen-bond acceptors (Lipinski definition) is 3. The molecule has 19 heavy (non-hydrogen) atoms. The average Bonchev–Trinajstić information content (AvgIpc) is 2.43. The van der Waals surface area contributed by atoms with Crippen LogP contribution in [0.5, 0.6) is 0 Å². The van der Waals surface area contributed by atoms with Gasteiger partial charge in [-0.05, 0) is 23.5 Å². The zero-order chi connectivity index (χ0) is 14.3. The summed E-state index contributed by atoms with van der Waals surface area (Å²) in [6.07, 6.45) is 1.06. The van der Waals surface area contributed by atoms with Crippen molar-refractivity contribution in [3.63, 3.8) is 0 Å². The van der Waals surface area contributed by atoms with Crippen LogP contribution >= 0.6 is 0 Å². The lowest BCUT2D eigenvalue weighted by Gasteiger charge is -2.18. The van der Waals surface area contributed by atoms with Crippen LogP contribution in [-0.4, -0.2) is 19.6 Å². The van der Waals surface area contributed by atoms with E-state index in [1.54, 1.807) is 0 Å². The van der Waals surface area contributed by atoms with Crippen LogP contribution in [0, 0.1) is 11.8 Å². The van der Waals surface area contributed by atoms with Gasteiger partial charge in [0.1, 0.15) is 0 Å². The minimum Gasteiger partial charge on any atom is -0.469 e. The van der Waals surface area contributed by atoms with Crippen molar-refractivity contribution in [3.8, 4) is 0 Å². The van der Waals surface area contributed by atoms with E-state index in [0.29, 0.717) is 6.54 Å². The summed E-state index contributed by atoms with van der Waals surface area (Å²) >= 11 is 0. The zero-order valence-corrected chi connectivity index (χ0v) is 12.4. The van der Waals surface area contributed by atoms with Crippen molar-refractivity contribution in [2.75, 3.05) is 13.7 Å². The summed E-state index contributed by atoms with van der Waals surface area (Å²) in [6, 6.07) is 8.57. The normalized spacial score (nSPS) is 12.5. The molecule has 0 radical (unpaired) electrons. The second-order valence-electron chi connectivity index (χ2n) is 5.17. The molecule has 0 amide bonds. The van der Waals surface area contributed by atoms with Crippen molar-refractivity contribution >= 4 is 5.97 Å². The first-order valence-electron chi connectivity index (χ1n) is 6.94. The highest BCUT2D eigenvalue weighted by Gasteiger charge is 2.22. The Labute approximate surface area is 116 Å². The van der Waals surface area contributed by atoms with Gasteiger partial charge < -0.3 is 10.1 Å². The molecule has 1 aromatic rings. The fraction of sp³-hybridized carbons (Fsp3) is 0.562. The van der Waals surface area contributed by atoms with E-state index < -0.39 is 0 Å². The molecule has 1 unspecified atom stereocenters. The summed E-state index contributed by atoms with van der Waals surface area (Å²) in [5.74, 6) is 0.0613. The second kappa shape index (κ2) is 7.95. The van der Waals surface area contributed by atoms with E-state index in [0.717, 1.165) is 13.0 Å². The number of ether oxygens (including phenoxy) is 1. The third-order valence-electron chi connectivity index (χ3n) is 3.43. The molecule has 0 aliphatic rings. The maximum absolute atomic E-state index is 11.6. The molecule has 1 atom stereocenters. The Bertz CT molecular complexity index is 384. The van der Waals surface area contributed by atoms with Crippen LogP contribution in [0.15, 0.2) is 24.3 Å². The van der Waals surface area contributed by atoms with Gasteiger partial charge in [-0.25, -0.2) is 0 Å². The van der Waals surface area contributed by atoms with Crippen LogP contribution < -0.4 is 5.32 Å². The fourth-order valence-electron chi connectivity index (χ4n) is 2.01. The molecular weight excluding hydrogens is 238 g/mol. The summed E-state index contributed by atoms with van der Waals surface area (Å²) in [5.41, 5.74) is 2.59. The Balaban J connectivity index is 2.45. The van der Waals surface area contributed by atoms with Gasteiger partial charge in [-0.2, -0.15) is 0 Å². The number of hydrogen-bond donors (Lipinski definition) is 1. The van der Waals surface area contributed by atoms with Crippen molar-refractivity contribution in [1.82, 2.24) is 5.32 Å². The lowest BCUT2D eigenvalue weighted by atomic mass is 9.96. The van der Waals surface area contributed by atoms with Crippen molar-refractivity contribution in [3.05, 3.63) is 35.4 Å². The lowest BCUT2D eigenvalue weighted by molar-refractivity contribution is -0.146. The highest BCUT2D eigenvalue weighted by atomic mass is 16.5. The van der Waals surface area contributed by atoms with Crippen LogP contribution in [0.2, 0.25) is 0 Å². The molecule has 0 aromatic heterocycles. The van der Waals surface area contributed by atoms with Crippen molar-refractivity contribution in [2.24, 2.45) is 11.8 Å². The summed E-state index contributed by atoms with van der Waals surface area (Å²) < 4.78 is 4.83. The van der Waals surface area contributed by atoms with E-state index in [4.69, 9.17) is 4.74 Å². The first kappa shape index (κ1) is 15.7. The quantitative estimate of drug-likeness (QED) is 0.769. The first-order chi connectivity index (χ1) is 9.08. The molecule has 0 bridgehead atoms. The Kier molecular flexibility index (Phi) is 6.57. The van der Waals surface area contributed by atoms with Crippen molar-refractivity contribution in [1.29, 1.82) is 0 Å². The molecule has 3 nitrogen and oxygen atoms in total. The number of benzene rings is 1. The number of carbonyl (C=O) groups excluding carboxylic acids is 1.